The predicted octanol–water partition coefficient (Wildman–Crippen LogP) is 2.99. The topological polar surface area (TPSA) is 88.4 Å². The highest BCUT2D eigenvalue weighted by molar-refractivity contribution is 7.12. The summed E-state index contributed by atoms with van der Waals surface area (Å²) >= 11 is 1.64. The zero-order valence-electron chi connectivity index (χ0n) is 13.5. The van der Waals surface area contributed by atoms with Gasteiger partial charge >= 0.3 is 0 Å². The molecule has 1 aliphatic heterocycles. The minimum atomic E-state index is -0.474. The Bertz CT molecular complexity index is 772. The van der Waals surface area contributed by atoms with E-state index >= 15 is 0 Å². The van der Waals surface area contributed by atoms with Crippen molar-refractivity contribution in [2.45, 2.75) is 26.3 Å². The number of aromatic nitrogens is 1. The highest BCUT2D eigenvalue weighted by Gasteiger charge is 2.28. The first-order valence-electron chi connectivity index (χ1n) is 7.67. The number of nitrogens with zero attached hydrogens (tertiary/aromatic N) is 3. The van der Waals surface area contributed by atoms with E-state index in [1.807, 2.05) is 24.8 Å². The van der Waals surface area contributed by atoms with Crippen LogP contribution in [0.1, 0.15) is 26.5 Å². The van der Waals surface area contributed by atoms with E-state index < -0.39 is 4.92 Å². The van der Waals surface area contributed by atoms with Gasteiger partial charge in [0.1, 0.15) is 12.0 Å². The molecule has 3 heterocycles. The van der Waals surface area contributed by atoms with Crippen LogP contribution in [0.15, 0.2) is 24.4 Å². The van der Waals surface area contributed by atoms with Crippen LogP contribution in [0.25, 0.3) is 0 Å². The first-order chi connectivity index (χ1) is 11.4. The minimum Gasteiger partial charge on any atom is -0.365 e. The van der Waals surface area contributed by atoms with Crippen LogP contribution in [-0.4, -0.2) is 39.8 Å². The van der Waals surface area contributed by atoms with Crippen molar-refractivity contribution in [1.82, 2.24) is 9.88 Å². The standard InChI is InChI=1S/C16H18N4O3S/c1-10-7-14(11(2)24-10)16(21)19-6-5-12(9-19)18-15-4-3-13(8-17-15)20(22)23/h3-4,7-8,12H,5-6,9H2,1-2H3,(H,17,18)/t12-/m0/s1. The van der Waals surface area contributed by atoms with Gasteiger partial charge in [0.15, 0.2) is 0 Å². The molecule has 1 saturated heterocycles. The van der Waals surface area contributed by atoms with E-state index in [2.05, 4.69) is 10.3 Å². The van der Waals surface area contributed by atoms with Crippen molar-refractivity contribution in [3.05, 3.63) is 49.8 Å². The monoisotopic (exact) mass is 346 g/mol. The number of carbonyl (C=O) groups is 1. The van der Waals surface area contributed by atoms with Crippen molar-refractivity contribution in [2.75, 3.05) is 18.4 Å². The van der Waals surface area contributed by atoms with E-state index in [-0.39, 0.29) is 17.6 Å². The number of anilines is 1. The highest BCUT2D eigenvalue weighted by atomic mass is 32.1. The van der Waals surface area contributed by atoms with Crippen molar-refractivity contribution in [3.8, 4) is 0 Å². The average molecular weight is 346 g/mol. The minimum absolute atomic E-state index is 0.0351. The van der Waals surface area contributed by atoms with Crippen LogP contribution >= 0.6 is 11.3 Å². The normalized spacial score (nSPS) is 17.1. The Morgan fingerprint density at radius 3 is 2.83 bits per heavy atom. The molecule has 0 aromatic carbocycles. The van der Waals surface area contributed by atoms with Gasteiger partial charge in [0, 0.05) is 35.0 Å². The van der Waals surface area contributed by atoms with Crippen LogP contribution in [0, 0.1) is 24.0 Å². The molecule has 8 heteroatoms. The van der Waals surface area contributed by atoms with Crippen LogP contribution in [0.5, 0.6) is 0 Å². The maximum absolute atomic E-state index is 12.6. The zero-order valence-corrected chi connectivity index (χ0v) is 14.3. The first-order valence-corrected chi connectivity index (χ1v) is 8.49. The third-order valence-electron chi connectivity index (χ3n) is 4.06. The fourth-order valence-corrected chi connectivity index (χ4v) is 3.78. The lowest BCUT2D eigenvalue weighted by molar-refractivity contribution is -0.385. The second kappa shape index (κ2) is 6.56. The number of pyridine rings is 1. The molecule has 0 spiro atoms. The summed E-state index contributed by atoms with van der Waals surface area (Å²) in [5, 5.41) is 13.9. The van der Waals surface area contributed by atoms with Crippen LogP contribution in [-0.2, 0) is 0 Å². The summed E-state index contributed by atoms with van der Waals surface area (Å²) in [6.07, 6.45) is 2.06. The van der Waals surface area contributed by atoms with E-state index in [4.69, 9.17) is 0 Å². The molecular formula is C16H18N4O3S. The molecule has 1 aliphatic rings. The Kier molecular flexibility index (Phi) is 4.48. The van der Waals surface area contributed by atoms with Gasteiger partial charge in [-0.2, -0.15) is 0 Å². The number of nitrogens with one attached hydrogen (secondary N) is 1. The third-order valence-corrected chi connectivity index (χ3v) is 5.02. The van der Waals surface area contributed by atoms with E-state index in [9.17, 15) is 14.9 Å². The first kappa shape index (κ1) is 16.4. The summed E-state index contributed by atoms with van der Waals surface area (Å²) in [5.74, 6) is 0.653. The van der Waals surface area contributed by atoms with Gasteiger partial charge in [0.25, 0.3) is 11.6 Å². The molecule has 1 atom stereocenters. The number of likely N-dealkylation sites (tertiary alicyclic amines) is 1. The molecule has 0 unspecified atom stereocenters. The van der Waals surface area contributed by atoms with E-state index in [1.165, 1.54) is 12.3 Å². The molecule has 2 aromatic rings. The third kappa shape index (κ3) is 3.38. The van der Waals surface area contributed by atoms with Crippen molar-refractivity contribution in [3.63, 3.8) is 0 Å². The molecule has 7 nitrogen and oxygen atoms in total. The number of hydrogen-bond donors (Lipinski definition) is 1. The number of amides is 1. The molecule has 1 fully saturated rings. The lowest BCUT2D eigenvalue weighted by Crippen LogP contribution is -2.31. The second-order valence-electron chi connectivity index (χ2n) is 5.87. The SMILES string of the molecule is Cc1cc(C(=O)N2CC[C@H](Nc3ccc([N+](=O)[O-])cn3)C2)c(C)s1. The van der Waals surface area contributed by atoms with Crippen molar-refractivity contribution in [1.29, 1.82) is 0 Å². The van der Waals surface area contributed by atoms with Crippen molar-refractivity contribution < 1.29 is 9.72 Å². The van der Waals surface area contributed by atoms with Gasteiger partial charge in [-0.1, -0.05) is 0 Å². The Morgan fingerprint density at radius 2 is 2.25 bits per heavy atom. The number of hydrogen-bond acceptors (Lipinski definition) is 6. The quantitative estimate of drug-likeness (QED) is 0.679. The largest absolute Gasteiger partial charge is 0.365 e. The molecule has 0 radical (unpaired) electrons. The van der Waals surface area contributed by atoms with Crippen LogP contribution in [0.4, 0.5) is 11.5 Å². The summed E-state index contributed by atoms with van der Waals surface area (Å²) < 4.78 is 0. The number of aryl methyl sites for hydroxylation is 2. The Hall–Kier alpha value is -2.48. The second-order valence-corrected chi connectivity index (χ2v) is 7.33. The number of nitro groups is 1. The summed E-state index contributed by atoms with van der Waals surface area (Å²) in [4.78, 5) is 30.9. The Labute approximate surface area is 143 Å². The molecule has 24 heavy (non-hydrogen) atoms. The number of rotatable bonds is 4. The van der Waals surface area contributed by atoms with Gasteiger partial charge in [0.05, 0.1) is 10.5 Å². The van der Waals surface area contributed by atoms with Crippen LogP contribution in [0.3, 0.4) is 0 Å². The molecule has 3 rings (SSSR count). The van der Waals surface area contributed by atoms with Gasteiger partial charge in [0.2, 0.25) is 0 Å². The molecule has 0 bridgehead atoms. The van der Waals surface area contributed by atoms with Gasteiger partial charge < -0.3 is 10.2 Å². The van der Waals surface area contributed by atoms with E-state index in [0.29, 0.717) is 18.9 Å². The summed E-state index contributed by atoms with van der Waals surface area (Å²) in [6.45, 7) is 5.27. The molecule has 0 saturated carbocycles. The highest BCUT2D eigenvalue weighted by Crippen LogP contribution is 2.24. The fourth-order valence-electron chi connectivity index (χ4n) is 2.86. The zero-order chi connectivity index (χ0) is 17.3. The van der Waals surface area contributed by atoms with Gasteiger partial charge in [-0.3, -0.25) is 14.9 Å². The maximum Gasteiger partial charge on any atom is 0.287 e. The molecular weight excluding hydrogens is 328 g/mol. The molecule has 2 aromatic heterocycles. The fraction of sp³-hybridized carbons (Fsp3) is 0.375. The summed E-state index contributed by atoms with van der Waals surface area (Å²) in [6, 6.07) is 5.06. The summed E-state index contributed by atoms with van der Waals surface area (Å²) in [5.41, 5.74) is 0.749. The number of carbonyl (C=O) groups excluding carboxylic acids is 1. The molecule has 1 N–H and O–H groups in total. The lowest BCUT2D eigenvalue weighted by Gasteiger charge is -2.17. The Morgan fingerprint density at radius 1 is 1.46 bits per heavy atom. The maximum atomic E-state index is 12.6. The smallest absolute Gasteiger partial charge is 0.287 e. The molecule has 1 amide bonds. The van der Waals surface area contributed by atoms with E-state index in [0.717, 1.165) is 21.7 Å². The van der Waals surface area contributed by atoms with E-state index in [1.54, 1.807) is 17.4 Å². The Balaban J connectivity index is 1.62. The number of thiophene rings is 1. The molecule has 0 aliphatic carbocycles. The molecule has 126 valence electrons. The summed E-state index contributed by atoms with van der Waals surface area (Å²) in [7, 11) is 0. The average Bonchev–Trinajstić information content (AvgIpc) is 3.13. The van der Waals surface area contributed by atoms with Crippen molar-refractivity contribution in [2.24, 2.45) is 0 Å². The van der Waals surface area contributed by atoms with Gasteiger partial charge in [-0.05, 0) is 32.4 Å². The predicted molar refractivity (Wildman–Crippen MR) is 92.6 cm³/mol. The lowest BCUT2D eigenvalue weighted by atomic mass is 10.2. The van der Waals surface area contributed by atoms with Crippen LogP contribution < -0.4 is 5.32 Å². The van der Waals surface area contributed by atoms with Gasteiger partial charge in [-0.15, -0.1) is 11.3 Å². The van der Waals surface area contributed by atoms with Crippen molar-refractivity contribution >= 4 is 28.7 Å². The van der Waals surface area contributed by atoms with Gasteiger partial charge in [-0.25, -0.2) is 4.98 Å². The van der Waals surface area contributed by atoms with Crippen LogP contribution in [0.2, 0.25) is 0 Å².